The van der Waals surface area contributed by atoms with Gasteiger partial charge in [0, 0.05) is 30.3 Å². The molecule has 1 N–H and O–H groups in total. The van der Waals surface area contributed by atoms with Crippen molar-refractivity contribution in [3.8, 4) is 5.75 Å². The van der Waals surface area contributed by atoms with Gasteiger partial charge in [0.2, 0.25) is 5.91 Å². The normalized spacial score (nSPS) is 18.7. The Morgan fingerprint density at radius 3 is 2.79 bits per heavy atom. The van der Waals surface area contributed by atoms with Crippen LogP contribution in [0.15, 0.2) is 24.3 Å². The lowest BCUT2D eigenvalue weighted by atomic mass is 9.96. The Hall–Kier alpha value is -2.30. The number of amides is 1. The third-order valence-electron chi connectivity index (χ3n) is 5.07. The second-order valence-corrected chi connectivity index (χ2v) is 6.58. The number of hydrogen-bond acceptors (Lipinski definition) is 3. The predicted molar refractivity (Wildman–Crippen MR) is 93.4 cm³/mol. The van der Waals surface area contributed by atoms with Crippen LogP contribution in [-0.2, 0) is 4.79 Å². The lowest BCUT2D eigenvalue weighted by Gasteiger charge is -2.22. The molecule has 1 fully saturated rings. The monoisotopic (exact) mass is 327 g/mol. The van der Waals surface area contributed by atoms with E-state index in [9.17, 15) is 4.79 Å². The smallest absolute Gasteiger partial charge is 0.229 e. The Morgan fingerprint density at radius 2 is 2.12 bits per heavy atom. The van der Waals surface area contributed by atoms with Gasteiger partial charge in [-0.2, -0.15) is 5.10 Å². The maximum atomic E-state index is 12.9. The van der Waals surface area contributed by atoms with E-state index >= 15 is 0 Å². The van der Waals surface area contributed by atoms with Crippen LogP contribution >= 0.6 is 0 Å². The maximum Gasteiger partial charge on any atom is 0.229 e. The fourth-order valence-electron chi connectivity index (χ4n) is 3.81. The van der Waals surface area contributed by atoms with Gasteiger partial charge in [0.25, 0.3) is 0 Å². The van der Waals surface area contributed by atoms with Crippen molar-refractivity contribution in [2.75, 3.05) is 20.2 Å². The molecule has 0 saturated carbocycles. The Balaban J connectivity index is 1.75. The van der Waals surface area contributed by atoms with E-state index in [4.69, 9.17) is 4.74 Å². The van der Waals surface area contributed by atoms with E-state index in [0.29, 0.717) is 5.92 Å². The van der Waals surface area contributed by atoms with Crippen LogP contribution in [0.3, 0.4) is 0 Å². The van der Waals surface area contributed by atoms with Crippen molar-refractivity contribution in [1.29, 1.82) is 0 Å². The molecule has 1 aliphatic heterocycles. The van der Waals surface area contributed by atoms with Crippen molar-refractivity contribution < 1.29 is 9.53 Å². The summed E-state index contributed by atoms with van der Waals surface area (Å²) in [5.41, 5.74) is 4.11. The molecule has 0 bridgehead atoms. The molecule has 1 amide bonds. The summed E-state index contributed by atoms with van der Waals surface area (Å²) >= 11 is 0. The average molecular weight is 327 g/mol. The summed E-state index contributed by atoms with van der Waals surface area (Å²) in [5, 5.41) is 7.19. The summed E-state index contributed by atoms with van der Waals surface area (Å²) in [6.45, 7) is 7.44. The van der Waals surface area contributed by atoms with Crippen LogP contribution in [0.2, 0.25) is 0 Å². The molecule has 0 unspecified atom stereocenters. The van der Waals surface area contributed by atoms with E-state index in [1.165, 1.54) is 5.56 Å². The van der Waals surface area contributed by atoms with Gasteiger partial charge < -0.3 is 9.64 Å². The highest BCUT2D eigenvalue weighted by atomic mass is 16.5. The van der Waals surface area contributed by atoms with Crippen molar-refractivity contribution in [3.05, 3.63) is 46.8 Å². The van der Waals surface area contributed by atoms with Gasteiger partial charge >= 0.3 is 0 Å². The van der Waals surface area contributed by atoms with Gasteiger partial charge in [-0.25, -0.2) is 0 Å². The van der Waals surface area contributed by atoms with Gasteiger partial charge in [-0.05, 0) is 38.8 Å². The predicted octanol–water partition coefficient (Wildman–Crippen LogP) is 3.15. The molecule has 2 aromatic rings. The van der Waals surface area contributed by atoms with E-state index in [2.05, 4.69) is 16.3 Å². The molecule has 5 heteroatoms. The molecule has 5 nitrogen and oxygen atoms in total. The minimum Gasteiger partial charge on any atom is -0.496 e. The highest BCUT2D eigenvalue weighted by Crippen LogP contribution is 2.35. The van der Waals surface area contributed by atoms with Crippen molar-refractivity contribution >= 4 is 5.91 Å². The number of aromatic nitrogens is 2. The first-order valence-corrected chi connectivity index (χ1v) is 8.46. The largest absolute Gasteiger partial charge is 0.496 e. The summed E-state index contributed by atoms with van der Waals surface area (Å²) in [6.07, 6.45) is 0.974. The van der Waals surface area contributed by atoms with Crippen molar-refractivity contribution in [1.82, 2.24) is 15.1 Å². The van der Waals surface area contributed by atoms with E-state index in [0.717, 1.165) is 42.2 Å². The Morgan fingerprint density at radius 1 is 1.38 bits per heavy atom. The van der Waals surface area contributed by atoms with E-state index in [1.54, 1.807) is 7.11 Å². The molecule has 1 aromatic carbocycles. The number of carbonyl (C=O) groups is 1. The number of aromatic amines is 1. The molecule has 128 valence electrons. The zero-order valence-electron chi connectivity index (χ0n) is 14.8. The molecule has 0 aliphatic carbocycles. The quantitative estimate of drug-likeness (QED) is 0.938. The number of hydrogen-bond donors (Lipinski definition) is 1. The Bertz CT molecular complexity index is 718. The van der Waals surface area contributed by atoms with Crippen LogP contribution in [0.4, 0.5) is 0 Å². The summed E-state index contributed by atoms with van der Waals surface area (Å²) in [4.78, 5) is 14.9. The maximum absolute atomic E-state index is 12.9. The van der Waals surface area contributed by atoms with Gasteiger partial charge in [-0.3, -0.25) is 9.89 Å². The third-order valence-corrected chi connectivity index (χ3v) is 5.07. The SMILES string of the molecule is COc1ccccc1[C@@H]1CCN(C(=O)[C@@H](C)c2c(C)n[nH]c2C)C1. The lowest BCUT2D eigenvalue weighted by Crippen LogP contribution is -2.32. The number of aryl methyl sites for hydroxylation is 2. The zero-order chi connectivity index (χ0) is 17.3. The van der Waals surface area contributed by atoms with Crippen LogP contribution in [0.25, 0.3) is 0 Å². The molecule has 1 aromatic heterocycles. The second-order valence-electron chi connectivity index (χ2n) is 6.58. The molecular formula is C19H25N3O2. The topological polar surface area (TPSA) is 58.2 Å². The van der Waals surface area contributed by atoms with E-state index in [1.807, 2.05) is 43.9 Å². The Labute approximate surface area is 143 Å². The standard InChI is InChI=1S/C19H25N3O2/c1-12(18-13(2)20-21-14(18)3)19(23)22-10-9-15(11-22)16-7-5-6-8-17(16)24-4/h5-8,12,15H,9-11H2,1-4H3,(H,20,21)/t12-,15+/m0/s1. The summed E-state index contributed by atoms with van der Waals surface area (Å²) < 4.78 is 5.48. The number of ether oxygens (including phenoxy) is 1. The fourth-order valence-corrected chi connectivity index (χ4v) is 3.81. The molecule has 1 aliphatic rings. The molecule has 0 radical (unpaired) electrons. The van der Waals surface area contributed by atoms with Gasteiger partial charge in [-0.1, -0.05) is 18.2 Å². The molecule has 24 heavy (non-hydrogen) atoms. The Kier molecular flexibility index (Phi) is 4.60. The number of likely N-dealkylation sites (tertiary alicyclic amines) is 1. The van der Waals surface area contributed by atoms with Crippen LogP contribution in [0, 0.1) is 13.8 Å². The number of rotatable bonds is 4. The zero-order valence-corrected chi connectivity index (χ0v) is 14.8. The fraction of sp³-hybridized carbons (Fsp3) is 0.474. The highest BCUT2D eigenvalue weighted by Gasteiger charge is 2.32. The first-order chi connectivity index (χ1) is 11.5. The molecule has 3 rings (SSSR count). The number of para-hydroxylation sites is 1. The number of carbonyl (C=O) groups excluding carboxylic acids is 1. The number of methoxy groups -OCH3 is 1. The molecule has 2 atom stereocenters. The number of nitrogens with one attached hydrogen (secondary N) is 1. The van der Waals surface area contributed by atoms with Crippen LogP contribution in [0.5, 0.6) is 5.75 Å². The molecule has 2 heterocycles. The first-order valence-electron chi connectivity index (χ1n) is 8.46. The molecule has 1 saturated heterocycles. The van der Waals surface area contributed by atoms with Crippen LogP contribution < -0.4 is 4.74 Å². The molecule has 0 spiro atoms. The number of nitrogens with zero attached hydrogens (tertiary/aromatic N) is 2. The third kappa shape index (κ3) is 2.90. The van der Waals surface area contributed by atoms with E-state index < -0.39 is 0 Å². The summed E-state index contributed by atoms with van der Waals surface area (Å²) in [6, 6.07) is 8.10. The van der Waals surface area contributed by atoms with E-state index in [-0.39, 0.29) is 11.8 Å². The first kappa shape index (κ1) is 16.6. The van der Waals surface area contributed by atoms with Crippen molar-refractivity contribution in [2.24, 2.45) is 0 Å². The number of benzene rings is 1. The highest BCUT2D eigenvalue weighted by molar-refractivity contribution is 5.84. The average Bonchev–Trinajstić information content (AvgIpc) is 3.20. The van der Waals surface area contributed by atoms with Gasteiger partial charge in [0.15, 0.2) is 0 Å². The van der Waals surface area contributed by atoms with Crippen LogP contribution in [0.1, 0.15) is 47.7 Å². The van der Waals surface area contributed by atoms with Gasteiger partial charge in [0.05, 0.1) is 18.7 Å². The summed E-state index contributed by atoms with van der Waals surface area (Å²) in [5.74, 6) is 1.26. The summed E-state index contributed by atoms with van der Waals surface area (Å²) in [7, 11) is 1.70. The second kappa shape index (κ2) is 6.67. The van der Waals surface area contributed by atoms with Gasteiger partial charge in [0.1, 0.15) is 5.75 Å². The lowest BCUT2D eigenvalue weighted by molar-refractivity contribution is -0.131. The van der Waals surface area contributed by atoms with Crippen LogP contribution in [-0.4, -0.2) is 41.2 Å². The minimum atomic E-state index is -0.167. The van der Waals surface area contributed by atoms with Gasteiger partial charge in [-0.15, -0.1) is 0 Å². The van der Waals surface area contributed by atoms with Crippen molar-refractivity contribution in [2.45, 2.75) is 39.0 Å². The minimum absolute atomic E-state index is 0.167. The van der Waals surface area contributed by atoms with Crippen molar-refractivity contribution in [3.63, 3.8) is 0 Å². The molecular weight excluding hydrogens is 302 g/mol. The number of H-pyrrole nitrogens is 1.